The average molecular weight is 307 g/mol. The number of hydrogen-bond acceptors (Lipinski definition) is 3. The van der Waals surface area contributed by atoms with E-state index in [1.165, 1.54) is 5.56 Å². The van der Waals surface area contributed by atoms with E-state index in [0.29, 0.717) is 18.9 Å². The van der Waals surface area contributed by atoms with Crippen LogP contribution in [0, 0.1) is 12.8 Å². The third kappa shape index (κ3) is 4.70. The number of amides is 1. The monoisotopic (exact) mass is 307 g/mol. The molecule has 1 fully saturated rings. The molecule has 0 aliphatic carbocycles. The summed E-state index contributed by atoms with van der Waals surface area (Å²) in [5, 5.41) is 10.8. The summed E-state index contributed by atoms with van der Waals surface area (Å²) in [6.07, 6.45) is 6.35. The quantitative estimate of drug-likeness (QED) is 0.850. The topological polar surface area (TPSA) is 57.6 Å². The van der Waals surface area contributed by atoms with Crippen molar-refractivity contribution in [1.82, 2.24) is 4.90 Å². The molecule has 1 aliphatic heterocycles. The molecule has 21 heavy (non-hydrogen) atoms. The van der Waals surface area contributed by atoms with Crippen LogP contribution in [0.25, 0.3) is 6.08 Å². The molecule has 1 aliphatic rings. The van der Waals surface area contributed by atoms with Gasteiger partial charge in [0.1, 0.15) is 0 Å². The molecule has 1 aromatic heterocycles. The Hall–Kier alpha value is -1.62. The molecule has 0 bridgehead atoms. The highest BCUT2D eigenvalue weighted by molar-refractivity contribution is 7.11. The molecule has 0 saturated carbocycles. The molecule has 1 amide bonds. The maximum Gasteiger partial charge on any atom is 0.303 e. The van der Waals surface area contributed by atoms with E-state index in [-0.39, 0.29) is 12.3 Å². The SMILES string of the molecule is Cc1ccsc1C=CC(=O)N1CCCC(CCC(=O)O)C1. The minimum atomic E-state index is -0.758. The number of likely N-dealkylation sites (tertiary alicyclic amines) is 1. The number of carbonyl (C=O) groups excluding carboxylic acids is 1. The van der Waals surface area contributed by atoms with Gasteiger partial charge >= 0.3 is 5.97 Å². The van der Waals surface area contributed by atoms with Crippen molar-refractivity contribution >= 4 is 29.3 Å². The lowest BCUT2D eigenvalue weighted by atomic mass is 9.93. The Kier molecular flexibility index (Phi) is 5.56. The number of carboxylic acids is 1. The second-order valence-corrected chi connectivity index (χ2v) is 6.47. The fourth-order valence-electron chi connectivity index (χ4n) is 2.64. The maximum atomic E-state index is 12.2. The molecule has 4 nitrogen and oxygen atoms in total. The van der Waals surface area contributed by atoms with Crippen molar-refractivity contribution in [1.29, 1.82) is 0 Å². The van der Waals surface area contributed by atoms with E-state index in [1.807, 2.05) is 29.3 Å². The molecule has 5 heteroatoms. The van der Waals surface area contributed by atoms with Crippen molar-refractivity contribution in [2.24, 2.45) is 5.92 Å². The highest BCUT2D eigenvalue weighted by Gasteiger charge is 2.22. The molecule has 114 valence electrons. The van der Waals surface area contributed by atoms with Crippen LogP contribution in [-0.4, -0.2) is 35.0 Å². The first-order valence-corrected chi connectivity index (χ1v) is 8.17. The second kappa shape index (κ2) is 7.41. The van der Waals surface area contributed by atoms with E-state index in [2.05, 4.69) is 0 Å². The van der Waals surface area contributed by atoms with Crippen LogP contribution in [0.1, 0.15) is 36.1 Å². The van der Waals surface area contributed by atoms with Crippen LogP contribution in [-0.2, 0) is 9.59 Å². The van der Waals surface area contributed by atoms with Crippen LogP contribution < -0.4 is 0 Å². The van der Waals surface area contributed by atoms with Gasteiger partial charge in [-0.3, -0.25) is 9.59 Å². The third-order valence-electron chi connectivity index (χ3n) is 3.88. The number of rotatable bonds is 5. The fourth-order valence-corrected chi connectivity index (χ4v) is 3.46. The third-order valence-corrected chi connectivity index (χ3v) is 4.86. The molecule has 0 aromatic carbocycles. The number of carboxylic acid groups (broad SMARTS) is 1. The van der Waals surface area contributed by atoms with Crippen LogP contribution in [0.5, 0.6) is 0 Å². The molecule has 1 saturated heterocycles. The molecular formula is C16H21NO3S. The summed E-state index contributed by atoms with van der Waals surface area (Å²) in [6, 6.07) is 2.04. The van der Waals surface area contributed by atoms with Crippen LogP contribution in [0.2, 0.25) is 0 Å². The van der Waals surface area contributed by atoms with E-state index in [1.54, 1.807) is 17.4 Å². The molecule has 2 rings (SSSR count). The highest BCUT2D eigenvalue weighted by atomic mass is 32.1. The van der Waals surface area contributed by atoms with Crippen molar-refractivity contribution < 1.29 is 14.7 Å². The van der Waals surface area contributed by atoms with Gasteiger partial charge in [-0.2, -0.15) is 0 Å². The molecule has 2 heterocycles. The summed E-state index contributed by atoms with van der Waals surface area (Å²) in [5.41, 5.74) is 1.18. The summed E-state index contributed by atoms with van der Waals surface area (Å²) in [4.78, 5) is 25.8. The van der Waals surface area contributed by atoms with E-state index < -0.39 is 5.97 Å². The van der Waals surface area contributed by atoms with Gasteiger partial charge in [0.25, 0.3) is 0 Å². The average Bonchev–Trinajstić information content (AvgIpc) is 2.88. The van der Waals surface area contributed by atoms with Gasteiger partial charge in [0.15, 0.2) is 0 Å². The Labute approximate surface area is 129 Å². The van der Waals surface area contributed by atoms with Crippen molar-refractivity contribution in [3.63, 3.8) is 0 Å². The predicted octanol–water partition coefficient (Wildman–Crippen LogP) is 3.17. The number of aryl methyl sites for hydroxylation is 1. The second-order valence-electron chi connectivity index (χ2n) is 5.53. The van der Waals surface area contributed by atoms with Crippen molar-refractivity contribution in [2.75, 3.05) is 13.1 Å². The Morgan fingerprint density at radius 2 is 2.33 bits per heavy atom. The van der Waals surface area contributed by atoms with Gasteiger partial charge in [0, 0.05) is 30.5 Å². The Morgan fingerprint density at radius 3 is 3.00 bits per heavy atom. The standard InChI is InChI=1S/C16H21NO3S/c1-12-8-10-21-14(12)5-6-15(18)17-9-2-3-13(11-17)4-7-16(19)20/h5-6,8,10,13H,2-4,7,9,11H2,1H3,(H,19,20). The van der Waals surface area contributed by atoms with Crippen molar-refractivity contribution in [3.8, 4) is 0 Å². The molecule has 0 radical (unpaired) electrons. The number of hydrogen-bond donors (Lipinski definition) is 1. The van der Waals surface area contributed by atoms with E-state index in [9.17, 15) is 9.59 Å². The first-order valence-electron chi connectivity index (χ1n) is 7.29. The van der Waals surface area contributed by atoms with Crippen molar-refractivity contribution in [3.05, 3.63) is 28.0 Å². The van der Waals surface area contributed by atoms with Gasteiger partial charge in [-0.05, 0) is 55.2 Å². The molecule has 1 N–H and O–H groups in total. The van der Waals surface area contributed by atoms with Crippen LogP contribution in [0.3, 0.4) is 0 Å². The van der Waals surface area contributed by atoms with Crippen LogP contribution in [0.4, 0.5) is 0 Å². The normalized spacial score (nSPS) is 19.1. The zero-order chi connectivity index (χ0) is 15.2. The van der Waals surface area contributed by atoms with Gasteiger partial charge in [-0.1, -0.05) is 0 Å². The lowest BCUT2D eigenvalue weighted by Crippen LogP contribution is -2.39. The predicted molar refractivity (Wildman–Crippen MR) is 84.3 cm³/mol. The van der Waals surface area contributed by atoms with Gasteiger partial charge in [0.2, 0.25) is 5.91 Å². The molecular weight excluding hydrogens is 286 g/mol. The lowest BCUT2D eigenvalue weighted by Gasteiger charge is -2.32. The molecule has 1 atom stereocenters. The zero-order valence-corrected chi connectivity index (χ0v) is 13.1. The van der Waals surface area contributed by atoms with Crippen molar-refractivity contribution in [2.45, 2.75) is 32.6 Å². The Morgan fingerprint density at radius 1 is 1.52 bits per heavy atom. The van der Waals surface area contributed by atoms with Crippen LogP contribution >= 0.6 is 11.3 Å². The van der Waals surface area contributed by atoms with E-state index in [0.717, 1.165) is 24.3 Å². The Balaban J connectivity index is 1.88. The number of aliphatic carboxylic acids is 1. The molecule has 1 aromatic rings. The summed E-state index contributed by atoms with van der Waals surface area (Å²) in [7, 11) is 0. The summed E-state index contributed by atoms with van der Waals surface area (Å²) >= 11 is 1.63. The lowest BCUT2D eigenvalue weighted by molar-refractivity contribution is -0.137. The molecule has 0 spiro atoms. The van der Waals surface area contributed by atoms with Gasteiger partial charge in [-0.25, -0.2) is 0 Å². The first-order chi connectivity index (χ1) is 10.1. The van der Waals surface area contributed by atoms with E-state index >= 15 is 0 Å². The number of nitrogens with zero attached hydrogens (tertiary/aromatic N) is 1. The number of thiophene rings is 1. The summed E-state index contributed by atoms with van der Waals surface area (Å²) in [5.74, 6) is -0.412. The minimum absolute atomic E-state index is 0.0304. The number of carbonyl (C=O) groups is 2. The fraction of sp³-hybridized carbons (Fsp3) is 0.500. The Bertz CT molecular complexity index is 535. The largest absolute Gasteiger partial charge is 0.481 e. The maximum absolute atomic E-state index is 12.2. The van der Waals surface area contributed by atoms with E-state index in [4.69, 9.17) is 5.11 Å². The smallest absolute Gasteiger partial charge is 0.303 e. The van der Waals surface area contributed by atoms with Crippen LogP contribution in [0.15, 0.2) is 17.5 Å². The summed E-state index contributed by atoms with van der Waals surface area (Å²) < 4.78 is 0. The van der Waals surface area contributed by atoms with Gasteiger partial charge in [-0.15, -0.1) is 11.3 Å². The molecule has 1 unspecified atom stereocenters. The number of piperidine rings is 1. The highest BCUT2D eigenvalue weighted by Crippen LogP contribution is 2.22. The van der Waals surface area contributed by atoms with Gasteiger partial charge < -0.3 is 10.0 Å². The minimum Gasteiger partial charge on any atom is -0.481 e. The summed E-state index contributed by atoms with van der Waals surface area (Å²) in [6.45, 7) is 3.49. The zero-order valence-electron chi connectivity index (χ0n) is 12.2. The van der Waals surface area contributed by atoms with Gasteiger partial charge in [0.05, 0.1) is 0 Å². The first kappa shape index (κ1) is 15.8.